The first-order valence-electron chi connectivity index (χ1n) is 5.34. The average Bonchev–Trinajstić information content (AvgIpc) is 2.15. The van der Waals surface area contributed by atoms with Crippen LogP contribution < -0.4 is 0 Å². The Labute approximate surface area is 102 Å². The molecular weight excluding hydrogens is 242 g/mol. The molecule has 0 aliphatic carbocycles. The first-order valence-corrected chi connectivity index (χ1v) is 7.20. The van der Waals surface area contributed by atoms with Gasteiger partial charge in [-0.15, -0.1) is 4.36 Å². The Kier molecular flexibility index (Phi) is 3.98. The van der Waals surface area contributed by atoms with Crippen molar-refractivity contribution in [2.24, 2.45) is 4.36 Å². The van der Waals surface area contributed by atoms with E-state index in [-0.39, 0.29) is 11.5 Å². The van der Waals surface area contributed by atoms with Gasteiger partial charge in [0.15, 0.2) is 0 Å². The molecule has 1 saturated heterocycles. The molecule has 1 aliphatic rings. The zero-order valence-corrected chi connectivity index (χ0v) is 11.1. The van der Waals surface area contributed by atoms with Gasteiger partial charge in [0.25, 0.3) is 0 Å². The zero-order valence-electron chi connectivity index (χ0n) is 10.3. The summed E-state index contributed by atoms with van der Waals surface area (Å²) in [7, 11) is -2.44. The topological polar surface area (TPSA) is 82.8 Å². The van der Waals surface area contributed by atoms with E-state index in [4.69, 9.17) is 10.00 Å². The summed E-state index contributed by atoms with van der Waals surface area (Å²) in [6, 6.07) is 0. The van der Waals surface area contributed by atoms with E-state index in [0.717, 1.165) is 0 Å². The maximum Gasteiger partial charge on any atom is 0.410 e. The van der Waals surface area contributed by atoms with Crippen LogP contribution >= 0.6 is 0 Å². The number of carbonyl (C=O) groups excluding carboxylic acids is 1. The fourth-order valence-corrected chi connectivity index (χ4v) is 2.94. The molecule has 1 amide bonds. The number of hydrogen-bond donors (Lipinski definition) is 0. The molecule has 1 aliphatic heterocycles. The van der Waals surface area contributed by atoms with Gasteiger partial charge < -0.3 is 9.64 Å². The monoisotopic (exact) mass is 259 g/mol. The summed E-state index contributed by atoms with van der Waals surface area (Å²) in [5.41, 5.74) is -0.535. The van der Waals surface area contributed by atoms with Crippen LogP contribution in [0.5, 0.6) is 0 Å². The second-order valence-electron chi connectivity index (χ2n) is 4.84. The summed E-state index contributed by atoms with van der Waals surface area (Å²) in [6.07, 6.45) is 1.17. The van der Waals surface area contributed by atoms with Crippen LogP contribution in [0.1, 0.15) is 20.8 Å². The molecule has 7 heteroatoms. The standard InChI is InChI=1S/C10H17N3O3S/c1-10(2,3)16-9(14)13-4-6-17(15,7-5-13)12-8-11/h4-7H2,1-3H3. The van der Waals surface area contributed by atoms with Crippen molar-refractivity contribution in [1.82, 2.24) is 4.90 Å². The van der Waals surface area contributed by atoms with Crippen molar-refractivity contribution in [2.45, 2.75) is 26.4 Å². The highest BCUT2D eigenvalue weighted by molar-refractivity contribution is 7.93. The second-order valence-corrected chi connectivity index (χ2v) is 7.38. The molecule has 1 fully saturated rings. The summed E-state index contributed by atoms with van der Waals surface area (Å²) in [5, 5.41) is 8.41. The van der Waals surface area contributed by atoms with Crippen LogP contribution in [-0.2, 0) is 14.5 Å². The van der Waals surface area contributed by atoms with Gasteiger partial charge >= 0.3 is 6.09 Å². The normalized spacial score (nSPS) is 19.3. The second kappa shape index (κ2) is 4.92. The first kappa shape index (κ1) is 13.8. The Morgan fingerprint density at radius 3 is 2.35 bits per heavy atom. The van der Waals surface area contributed by atoms with Crippen molar-refractivity contribution in [2.75, 3.05) is 24.6 Å². The van der Waals surface area contributed by atoms with Gasteiger partial charge in [-0.3, -0.25) is 0 Å². The lowest BCUT2D eigenvalue weighted by Crippen LogP contribution is -2.45. The lowest BCUT2D eigenvalue weighted by Gasteiger charge is -2.30. The number of amides is 1. The molecule has 0 aromatic rings. The summed E-state index contributed by atoms with van der Waals surface area (Å²) >= 11 is 0. The molecule has 1 rings (SSSR count). The molecule has 6 nitrogen and oxygen atoms in total. The van der Waals surface area contributed by atoms with E-state index in [9.17, 15) is 9.00 Å². The van der Waals surface area contributed by atoms with Crippen molar-refractivity contribution in [1.29, 1.82) is 5.26 Å². The Balaban J connectivity index is 2.60. The van der Waals surface area contributed by atoms with Crippen molar-refractivity contribution >= 4 is 15.8 Å². The number of ether oxygens (including phenoxy) is 1. The molecular formula is C10H17N3O3S. The van der Waals surface area contributed by atoms with E-state index in [1.807, 2.05) is 0 Å². The van der Waals surface area contributed by atoms with Crippen LogP contribution in [0, 0.1) is 11.5 Å². The number of carbonyl (C=O) groups is 1. The summed E-state index contributed by atoms with van der Waals surface area (Å²) in [6.45, 7) is 6.02. The van der Waals surface area contributed by atoms with Crippen LogP contribution in [0.3, 0.4) is 0 Å². The third-order valence-corrected chi connectivity index (χ3v) is 4.27. The molecule has 1 heterocycles. The molecule has 0 spiro atoms. The Hall–Kier alpha value is -1.29. The number of hydrogen-bond acceptors (Lipinski definition) is 5. The molecule has 0 bridgehead atoms. The van der Waals surface area contributed by atoms with E-state index >= 15 is 0 Å². The third kappa shape index (κ3) is 4.23. The highest BCUT2D eigenvalue weighted by atomic mass is 32.2. The summed E-state index contributed by atoms with van der Waals surface area (Å²) in [4.78, 5) is 13.2. The van der Waals surface area contributed by atoms with Crippen LogP contribution in [0.2, 0.25) is 0 Å². The summed E-state index contributed by atoms with van der Waals surface area (Å²) < 4.78 is 20.5. The Morgan fingerprint density at radius 1 is 1.41 bits per heavy atom. The van der Waals surface area contributed by atoms with E-state index in [2.05, 4.69) is 4.36 Å². The van der Waals surface area contributed by atoms with Gasteiger partial charge in [-0.25, -0.2) is 9.00 Å². The van der Waals surface area contributed by atoms with Gasteiger partial charge in [-0.1, -0.05) is 0 Å². The highest BCUT2D eigenvalue weighted by Gasteiger charge is 2.27. The van der Waals surface area contributed by atoms with Crippen molar-refractivity contribution in [3.05, 3.63) is 0 Å². The molecule has 0 aromatic carbocycles. The van der Waals surface area contributed by atoms with Crippen LogP contribution in [0.25, 0.3) is 0 Å². The molecule has 17 heavy (non-hydrogen) atoms. The lowest BCUT2D eigenvalue weighted by atomic mass is 10.2. The smallest absolute Gasteiger partial charge is 0.410 e. The molecule has 0 N–H and O–H groups in total. The minimum atomic E-state index is -2.44. The van der Waals surface area contributed by atoms with Gasteiger partial charge in [-0.2, -0.15) is 5.26 Å². The molecule has 0 radical (unpaired) electrons. The molecule has 0 atom stereocenters. The molecule has 0 aromatic heterocycles. The zero-order chi connectivity index (χ0) is 13.1. The largest absolute Gasteiger partial charge is 0.444 e. The molecule has 0 unspecified atom stereocenters. The van der Waals surface area contributed by atoms with Crippen LogP contribution in [0.4, 0.5) is 4.79 Å². The van der Waals surface area contributed by atoms with E-state index in [1.54, 1.807) is 27.0 Å². The maximum atomic E-state index is 11.9. The third-order valence-electron chi connectivity index (χ3n) is 2.22. The van der Waals surface area contributed by atoms with Crippen molar-refractivity contribution in [3.8, 4) is 6.19 Å². The van der Waals surface area contributed by atoms with Crippen molar-refractivity contribution < 1.29 is 13.7 Å². The molecule has 96 valence electrons. The van der Waals surface area contributed by atoms with Crippen LogP contribution in [0.15, 0.2) is 4.36 Å². The van der Waals surface area contributed by atoms with Crippen molar-refractivity contribution in [3.63, 3.8) is 0 Å². The van der Waals surface area contributed by atoms with E-state index in [1.165, 1.54) is 4.90 Å². The average molecular weight is 259 g/mol. The van der Waals surface area contributed by atoms with Gasteiger partial charge in [0.05, 0.1) is 21.2 Å². The van der Waals surface area contributed by atoms with E-state index in [0.29, 0.717) is 13.1 Å². The Bertz CT molecular complexity index is 438. The quantitative estimate of drug-likeness (QED) is 0.612. The fraction of sp³-hybridized carbons (Fsp3) is 0.800. The molecule has 0 saturated carbocycles. The predicted molar refractivity (Wildman–Crippen MR) is 63.7 cm³/mol. The number of nitrogens with zero attached hydrogens (tertiary/aromatic N) is 3. The lowest BCUT2D eigenvalue weighted by molar-refractivity contribution is 0.0268. The first-order chi connectivity index (χ1) is 7.76. The SMILES string of the molecule is CC(C)(C)OC(=O)N1CCS(=O)(=NC#N)CC1. The fourth-order valence-electron chi connectivity index (χ4n) is 1.39. The predicted octanol–water partition coefficient (Wildman–Crippen LogP) is 1.19. The number of rotatable bonds is 0. The minimum absolute atomic E-state index is 0.236. The number of nitriles is 1. The van der Waals surface area contributed by atoms with Gasteiger partial charge in [-0.05, 0) is 20.8 Å². The maximum absolute atomic E-state index is 11.9. The minimum Gasteiger partial charge on any atom is -0.444 e. The van der Waals surface area contributed by atoms with Gasteiger partial charge in [0.1, 0.15) is 5.60 Å². The van der Waals surface area contributed by atoms with Gasteiger partial charge in [0.2, 0.25) is 6.19 Å². The van der Waals surface area contributed by atoms with E-state index < -0.39 is 21.4 Å². The van der Waals surface area contributed by atoms with Crippen LogP contribution in [-0.4, -0.2) is 45.4 Å². The Morgan fingerprint density at radius 2 is 1.94 bits per heavy atom. The van der Waals surface area contributed by atoms with Gasteiger partial charge in [0, 0.05) is 13.1 Å². The highest BCUT2D eigenvalue weighted by Crippen LogP contribution is 2.13. The summed E-state index contributed by atoms with van der Waals surface area (Å²) in [5.74, 6) is 0.472.